The van der Waals surface area contributed by atoms with Crippen LogP contribution in [0.4, 0.5) is 0 Å². The van der Waals surface area contributed by atoms with Gasteiger partial charge >= 0.3 is 0 Å². The number of hydrogen-bond donors (Lipinski definition) is 0. The molecule has 0 aliphatic rings. The van der Waals surface area contributed by atoms with Gasteiger partial charge in [-0.1, -0.05) is 0 Å². The highest BCUT2D eigenvalue weighted by Crippen LogP contribution is 2.22. The van der Waals surface area contributed by atoms with Crippen molar-refractivity contribution in [2.45, 2.75) is 33.4 Å². The number of nitrogens with zero attached hydrogens (tertiary/aromatic N) is 4. The zero-order valence-electron chi connectivity index (χ0n) is 15.2. The van der Waals surface area contributed by atoms with Crippen molar-refractivity contribution in [1.29, 1.82) is 0 Å². The van der Waals surface area contributed by atoms with Gasteiger partial charge in [-0.25, -0.2) is 0 Å². The van der Waals surface area contributed by atoms with E-state index in [0.29, 0.717) is 12.1 Å². The van der Waals surface area contributed by atoms with Crippen molar-refractivity contribution in [2.24, 2.45) is 7.05 Å². The second-order valence-electron chi connectivity index (χ2n) is 6.53. The number of aromatic nitrogens is 4. The van der Waals surface area contributed by atoms with Crippen molar-refractivity contribution in [3.05, 3.63) is 74.1 Å². The van der Waals surface area contributed by atoms with E-state index in [1.165, 1.54) is 10.6 Å². The highest BCUT2D eigenvalue weighted by atomic mass is 79.9. The standard InChI is InChI=1S/C19H21BrN4O2/c1-12-7-17(13(2)23(12)10-15-8-21-22(4)9-15)19(26)14(3)24-11-16(20)5-6-18(24)25/h5-9,11,14H,10H2,1-4H3. The van der Waals surface area contributed by atoms with Gasteiger partial charge in [0, 0.05) is 52.5 Å². The number of rotatable bonds is 5. The van der Waals surface area contributed by atoms with E-state index < -0.39 is 6.04 Å². The fourth-order valence-corrected chi connectivity index (χ4v) is 3.51. The number of carbonyl (C=O) groups is 1. The Morgan fingerprint density at radius 3 is 2.65 bits per heavy atom. The van der Waals surface area contributed by atoms with Gasteiger partial charge in [0.1, 0.15) is 0 Å². The molecule has 3 aromatic heterocycles. The predicted molar refractivity (Wildman–Crippen MR) is 104 cm³/mol. The largest absolute Gasteiger partial charge is 0.344 e. The van der Waals surface area contributed by atoms with Crippen LogP contribution in [0.2, 0.25) is 0 Å². The summed E-state index contributed by atoms with van der Waals surface area (Å²) in [6.07, 6.45) is 5.44. The summed E-state index contributed by atoms with van der Waals surface area (Å²) in [5.41, 5.74) is 3.42. The maximum Gasteiger partial charge on any atom is 0.251 e. The van der Waals surface area contributed by atoms with Crippen molar-refractivity contribution < 1.29 is 4.79 Å². The number of hydrogen-bond acceptors (Lipinski definition) is 3. The van der Waals surface area contributed by atoms with Crippen molar-refractivity contribution in [1.82, 2.24) is 18.9 Å². The molecule has 1 unspecified atom stereocenters. The summed E-state index contributed by atoms with van der Waals surface area (Å²) in [5, 5.41) is 4.19. The van der Waals surface area contributed by atoms with Crippen LogP contribution in [0.3, 0.4) is 0 Å². The number of ketones is 1. The highest BCUT2D eigenvalue weighted by Gasteiger charge is 2.23. The highest BCUT2D eigenvalue weighted by molar-refractivity contribution is 9.10. The Morgan fingerprint density at radius 1 is 1.27 bits per heavy atom. The summed E-state index contributed by atoms with van der Waals surface area (Å²) >= 11 is 3.36. The summed E-state index contributed by atoms with van der Waals surface area (Å²) in [7, 11) is 1.88. The van der Waals surface area contributed by atoms with Gasteiger partial charge in [0.25, 0.3) is 5.56 Å². The summed E-state index contributed by atoms with van der Waals surface area (Å²) in [6.45, 7) is 6.33. The first kappa shape index (κ1) is 18.4. The molecular weight excluding hydrogens is 396 g/mol. The molecule has 1 atom stereocenters. The fraction of sp³-hybridized carbons (Fsp3) is 0.316. The summed E-state index contributed by atoms with van der Waals surface area (Å²) in [4.78, 5) is 25.2. The Labute approximate surface area is 160 Å². The van der Waals surface area contributed by atoms with E-state index in [1.54, 1.807) is 23.9 Å². The van der Waals surface area contributed by atoms with E-state index in [2.05, 4.69) is 25.6 Å². The molecule has 0 fully saturated rings. The monoisotopic (exact) mass is 416 g/mol. The minimum atomic E-state index is -0.577. The fourth-order valence-electron chi connectivity index (χ4n) is 3.16. The van der Waals surface area contributed by atoms with Crippen LogP contribution in [0.1, 0.15) is 40.3 Å². The van der Waals surface area contributed by atoms with Gasteiger partial charge in [-0.05, 0) is 48.8 Å². The molecule has 3 aromatic rings. The zero-order valence-corrected chi connectivity index (χ0v) is 16.8. The lowest BCUT2D eigenvalue weighted by Gasteiger charge is -2.15. The lowest BCUT2D eigenvalue weighted by atomic mass is 10.1. The van der Waals surface area contributed by atoms with Gasteiger partial charge in [0.05, 0.1) is 18.8 Å². The van der Waals surface area contributed by atoms with Crippen LogP contribution in [-0.2, 0) is 13.6 Å². The molecule has 0 N–H and O–H groups in total. The smallest absolute Gasteiger partial charge is 0.251 e. The van der Waals surface area contributed by atoms with E-state index in [1.807, 2.05) is 39.4 Å². The van der Waals surface area contributed by atoms with Crippen molar-refractivity contribution in [2.75, 3.05) is 0 Å². The van der Waals surface area contributed by atoms with E-state index in [-0.39, 0.29) is 11.3 Å². The molecule has 26 heavy (non-hydrogen) atoms. The maximum absolute atomic E-state index is 13.0. The van der Waals surface area contributed by atoms with Crippen molar-refractivity contribution >= 4 is 21.7 Å². The number of carbonyl (C=O) groups excluding carboxylic acids is 1. The van der Waals surface area contributed by atoms with Crippen LogP contribution in [-0.4, -0.2) is 24.7 Å². The number of aryl methyl sites for hydroxylation is 2. The molecule has 3 rings (SSSR count). The average molecular weight is 417 g/mol. The third-order valence-electron chi connectivity index (χ3n) is 4.64. The molecule has 0 bridgehead atoms. The van der Waals surface area contributed by atoms with Crippen LogP contribution < -0.4 is 5.56 Å². The first-order chi connectivity index (χ1) is 12.3. The van der Waals surface area contributed by atoms with Crippen LogP contribution in [0, 0.1) is 13.8 Å². The molecular formula is C19H21BrN4O2. The van der Waals surface area contributed by atoms with Crippen molar-refractivity contribution in [3.8, 4) is 0 Å². The van der Waals surface area contributed by atoms with Crippen LogP contribution >= 0.6 is 15.9 Å². The molecule has 136 valence electrons. The van der Waals surface area contributed by atoms with Crippen molar-refractivity contribution in [3.63, 3.8) is 0 Å². The molecule has 7 heteroatoms. The quantitative estimate of drug-likeness (QED) is 0.599. The van der Waals surface area contributed by atoms with Crippen LogP contribution in [0.5, 0.6) is 0 Å². The Hall–Kier alpha value is -2.41. The minimum Gasteiger partial charge on any atom is -0.344 e. The molecule has 6 nitrogen and oxygen atoms in total. The van der Waals surface area contributed by atoms with Gasteiger partial charge < -0.3 is 9.13 Å². The molecule has 0 saturated carbocycles. The van der Waals surface area contributed by atoms with E-state index in [9.17, 15) is 9.59 Å². The summed E-state index contributed by atoms with van der Waals surface area (Å²) < 4.78 is 6.08. The zero-order chi connectivity index (χ0) is 19.0. The first-order valence-electron chi connectivity index (χ1n) is 8.34. The molecule has 0 aliphatic carbocycles. The molecule has 0 saturated heterocycles. The number of Topliss-reactive ketones (excluding diaryl/α,β-unsaturated/α-hetero) is 1. The molecule has 0 radical (unpaired) electrons. The summed E-state index contributed by atoms with van der Waals surface area (Å²) in [5.74, 6) is -0.0734. The second-order valence-corrected chi connectivity index (χ2v) is 7.44. The van der Waals surface area contributed by atoms with Gasteiger partial charge in [0.15, 0.2) is 5.78 Å². The normalized spacial score (nSPS) is 12.3. The van der Waals surface area contributed by atoms with E-state index in [4.69, 9.17) is 0 Å². The Balaban J connectivity index is 1.94. The Bertz CT molecular complexity index is 1030. The van der Waals surface area contributed by atoms with E-state index >= 15 is 0 Å². The maximum atomic E-state index is 13.0. The SMILES string of the molecule is Cc1cc(C(=O)C(C)n2cc(Br)ccc2=O)c(C)n1Cc1cnn(C)c1. The topological polar surface area (TPSA) is 61.8 Å². The summed E-state index contributed by atoms with van der Waals surface area (Å²) in [6, 6.07) is 4.45. The Kier molecular flexibility index (Phi) is 5.00. The lowest BCUT2D eigenvalue weighted by molar-refractivity contribution is 0.0932. The number of pyridine rings is 1. The van der Waals surface area contributed by atoms with Gasteiger partial charge in [-0.2, -0.15) is 5.10 Å². The third kappa shape index (κ3) is 3.44. The second kappa shape index (κ2) is 7.07. The molecule has 0 spiro atoms. The van der Waals surface area contributed by atoms with Gasteiger partial charge in [0.2, 0.25) is 0 Å². The van der Waals surface area contributed by atoms with E-state index in [0.717, 1.165) is 21.4 Å². The molecule has 3 heterocycles. The van der Waals surface area contributed by atoms with Gasteiger partial charge in [-0.15, -0.1) is 0 Å². The molecule has 0 aliphatic heterocycles. The average Bonchev–Trinajstić information content (AvgIpc) is 3.13. The van der Waals surface area contributed by atoms with Crippen LogP contribution in [0.15, 0.2) is 46.1 Å². The molecule has 0 aromatic carbocycles. The first-order valence-corrected chi connectivity index (χ1v) is 9.13. The van der Waals surface area contributed by atoms with Crippen LogP contribution in [0.25, 0.3) is 0 Å². The predicted octanol–water partition coefficient (Wildman–Crippen LogP) is 3.25. The minimum absolute atomic E-state index is 0.0734. The Morgan fingerprint density at radius 2 is 2.00 bits per heavy atom. The number of halogens is 1. The third-order valence-corrected chi connectivity index (χ3v) is 5.11. The molecule has 0 amide bonds. The van der Waals surface area contributed by atoms with Gasteiger partial charge in [-0.3, -0.25) is 14.3 Å². The lowest BCUT2D eigenvalue weighted by Crippen LogP contribution is -2.27.